The van der Waals surface area contributed by atoms with Gasteiger partial charge in [-0.15, -0.1) is 0 Å². The van der Waals surface area contributed by atoms with E-state index in [1.165, 1.54) is 7.05 Å². The first-order chi connectivity index (χ1) is 14.0. The number of nitrogens with one attached hydrogen (secondary N) is 2. The number of carboxylic acid groups (broad SMARTS) is 1. The van der Waals surface area contributed by atoms with E-state index in [0.29, 0.717) is 3.57 Å². The Morgan fingerprint density at radius 2 is 1.47 bits per heavy atom. The molecule has 166 valence electrons. The van der Waals surface area contributed by atoms with Crippen molar-refractivity contribution in [1.29, 1.82) is 0 Å². The zero-order valence-electron chi connectivity index (χ0n) is 15.4. The van der Waals surface area contributed by atoms with Crippen molar-refractivity contribution in [3.63, 3.8) is 0 Å². The highest BCUT2D eigenvalue weighted by atomic mass is 127. The summed E-state index contributed by atoms with van der Waals surface area (Å²) in [5.74, 6) is -3.39. The van der Waals surface area contributed by atoms with Gasteiger partial charge in [0, 0.05) is 17.2 Å². The number of aliphatic hydroxyl groups excluding tert-OH is 3. The SMILES string of the molecule is CN(C(=O)CO)c1c(I)c(C(=O)NCC(=O)O)c(I)c(C(=O)NCC(O)CO)c1I. The third kappa shape index (κ3) is 6.58. The van der Waals surface area contributed by atoms with Crippen LogP contribution in [0.25, 0.3) is 0 Å². The number of amides is 3. The van der Waals surface area contributed by atoms with Gasteiger partial charge in [0.2, 0.25) is 0 Å². The van der Waals surface area contributed by atoms with Crippen LogP contribution >= 0.6 is 67.8 Å². The Morgan fingerprint density at radius 1 is 0.967 bits per heavy atom. The number of carboxylic acids is 1. The van der Waals surface area contributed by atoms with Gasteiger partial charge in [0.15, 0.2) is 0 Å². The third-order valence-electron chi connectivity index (χ3n) is 3.70. The molecule has 6 N–H and O–H groups in total. The lowest BCUT2D eigenvalue weighted by Crippen LogP contribution is -2.37. The highest BCUT2D eigenvalue weighted by molar-refractivity contribution is 14.1. The first kappa shape index (κ1) is 27.2. The lowest BCUT2D eigenvalue weighted by atomic mass is 10.1. The van der Waals surface area contributed by atoms with E-state index in [2.05, 4.69) is 10.6 Å². The van der Waals surface area contributed by atoms with Crippen molar-refractivity contribution >= 4 is 97.2 Å². The van der Waals surface area contributed by atoms with Gasteiger partial charge in [-0.25, -0.2) is 0 Å². The quantitative estimate of drug-likeness (QED) is 0.180. The van der Waals surface area contributed by atoms with E-state index in [9.17, 15) is 29.4 Å². The number of halogens is 3. The fraction of sp³-hybridized carbons (Fsp3) is 0.375. The van der Waals surface area contributed by atoms with Crippen LogP contribution in [0.15, 0.2) is 0 Å². The Kier molecular flexibility index (Phi) is 11.1. The number of hydrogen-bond acceptors (Lipinski definition) is 7. The number of hydrogen-bond donors (Lipinski definition) is 6. The number of carbonyl (C=O) groups excluding carboxylic acids is 3. The predicted molar refractivity (Wildman–Crippen MR) is 130 cm³/mol. The number of likely N-dealkylation sites (N-methyl/N-ethyl adjacent to an activating group) is 1. The summed E-state index contributed by atoms with van der Waals surface area (Å²) in [4.78, 5) is 49.4. The zero-order valence-corrected chi connectivity index (χ0v) is 21.9. The second-order valence-corrected chi connectivity index (χ2v) is 9.01. The molecule has 0 radical (unpaired) electrons. The Labute approximate surface area is 212 Å². The summed E-state index contributed by atoms with van der Waals surface area (Å²) >= 11 is 5.41. The normalized spacial score (nSPS) is 11.6. The average molecular weight is 761 g/mol. The van der Waals surface area contributed by atoms with E-state index in [4.69, 9.17) is 10.2 Å². The highest BCUT2D eigenvalue weighted by Gasteiger charge is 2.30. The van der Waals surface area contributed by atoms with E-state index >= 15 is 0 Å². The molecule has 11 nitrogen and oxygen atoms in total. The third-order valence-corrected chi connectivity index (χ3v) is 6.88. The maximum Gasteiger partial charge on any atom is 0.322 e. The molecule has 1 aromatic carbocycles. The summed E-state index contributed by atoms with van der Waals surface area (Å²) in [5.41, 5.74) is 0.192. The van der Waals surface area contributed by atoms with Crippen LogP contribution in [-0.2, 0) is 9.59 Å². The summed E-state index contributed by atoms with van der Waals surface area (Å²) < 4.78 is 0.783. The number of anilines is 1. The van der Waals surface area contributed by atoms with Crippen LogP contribution in [0.5, 0.6) is 0 Å². The molecular formula is C16H18I3N3O8. The smallest absolute Gasteiger partial charge is 0.322 e. The van der Waals surface area contributed by atoms with Crippen LogP contribution in [-0.4, -0.2) is 83.6 Å². The average Bonchev–Trinajstić information content (AvgIpc) is 2.69. The molecule has 1 rings (SSSR count). The van der Waals surface area contributed by atoms with Crippen molar-refractivity contribution in [1.82, 2.24) is 10.6 Å². The lowest BCUT2D eigenvalue weighted by molar-refractivity contribution is -0.135. The Morgan fingerprint density at radius 3 is 1.90 bits per heavy atom. The maximum atomic E-state index is 12.8. The van der Waals surface area contributed by atoms with Crippen molar-refractivity contribution in [2.75, 3.05) is 38.3 Å². The summed E-state index contributed by atoms with van der Waals surface area (Å²) in [6.45, 7) is -2.28. The fourth-order valence-corrected chi connectivity index (χ4v) is 7.05. The van der Waals surface area contributed by atoms with Gasteiger partial charge in [0.05, 0.1) is 36.7 Å². The molecule has 1 unspecified atom stereocenters. The van der Waals surface area contributed by atoms with Gasteiger partial charge in [-0.2, -0.15) is 0 Å². The standard InChI is InChI=1S/C16H18I3N3O8/c1-22(7(26)5-24)14-12(18)9(15(29)20-2-6(25)4-23)11(17)10(13(14)19)16(30)21-3-8(27)28/h6,23-25H,2-5H2,1H3,(H,20,29)(H,21,30)(H,27,28). The van der Waals surface area contributed by atoms with Gasteiger partial charge >= 0.3 is 5.97 Å². The van der Waals surface area contributed by atoms with Crippen molar-refractivity contribution in [3.05, 3.63) is 21.8 Å². The summed E-state index contributed by atoms with van der Waals surface area (Å²) in [6.07, 6.45) is -1.19. The molecule has 0 saturated heterocycles. The van der Waals surface area contributed by atoms with Gasteiger partial charge in [-0.05, 0) is 67.8 Å². The minimum atomic E-state index is -1.26. The van der Waals surface area contributed by atoms with E-state index in [-0.39, 0.29) is 30.5 Å². The number of carbonyl (C=O) groups is 4. The Balaban J connectivity index is 3.64. The van der Waals surface area contributed by atoms with Crippen LogP contribution in [0.3, 0.4) is 0 Å². The van der Waals surface area contributed by atoms with Gasteiger partial charge in [0.1, 0.15) is 13.2 Å². The van der Waals surface area contributed by atoms with E-state index in [1.54, 1.807) is 22.6 Å². The van der Waals surface area contributed by atoms with E-state index in [0.717, 1.165) is 4.90 Å². The number of benzene rings is 1. The van der Waals surface area contributed by atoms with Gasteiger partial charge in [-0.1, -0.05) is 0 Å². The van der Waals surface area contributed by atoms with Crippen LogP contribution in [0.4, 0.5) is 5.69 Å². The monoisotopic (exact) mass is 761 g/mol. The van der Waals surface area contributed by atoms with Gasteiger partial charge in [0.25, 0.3) is 17.7 Å². The minimum absolute atomic E-state index is 0.0155. The van der Waals surface area contributed by atoms with Crippen molar-refractivity contribution in [2.24, 2.45) is 0 Å². The molecular weight excluding hydrogens is 743 g/mol. The van der Waals surface area contributed by atoms with Gasteiger partial charge < -0.3 is 36.0 Å². The topological polar surface area (TPSA) is 176 Å². The van der Waals surface area contributed by atoms with Crippen LogP contribution in [0, 0.1) is 10.7 Å². The molecule has 0 aromatic heterocycles. The van der Waals surface area contributed by atoms with E-state index in [1.807, 2.05) is 45.2 Å². The lowest BCUT2D eigenvalue weighted by Gasteiger charge is -2.24. The number of rotatable bonds is 9. The Bertz CT molecular complexity index is 865. The van der Waals surface area contributed by atoms with Gasteiger partial charge in [-0.3, -0.25) is 19.2 Å². The van der Waals surface area contributed by atoms with E-state index < -0.39 is 49.6 Å². The highest BCUT2D eigenvalue weighted by Crippen LogP contribution is 2.37. The van der Waals surface area contributed by atoms with Crippen LogP contribution in [0.2, 0.25) is 0 Å². The minimum Gasteiger partial charge on any atom is -0.480 e. The molecule has 14 heteroatoms. The molecule has 0 heterocycles. The summed E-state index contributed by atoms with van der Waals surface area (Å²) in [6, 6.07) is 0. The van der Waals surface area contributed by atoms with Crippen LogP contribution < -0.4 is 15.5 Å². The Hall–Kier alpha value is -0.830. The fourth-order valence-electron chi connectivity index (χ4n) is 2.18. The number of aliphatic carboxylic acids is 1. The van der Waals surface area contributed by atoms with Crippen molar-refractivity contribution in [2.45, 2.75) is 6.10 Å². The second kappa shape index (κ2) is 12.3. The molecule has 3 amide bonds. The zero-order chi connectivity index (χ0) is 23.2. The maximum absolute atomic E-state index is 12.8. The largest absolute Gasteiger partial charge is 0.480 e. The summed E-state index contributed by atoms with van der Waals surface area (Å²) in [7, 11) is 1.36. The molecule has 1 aromatic rings. The molecule has 0 aliphatic carbocycles. The van der Waals surface area contributed by atoms with Crippen molar-refractivity contribution in [3.8, 4) is 0 Å². The molecule has 1 atom stereocenters. The molecule has 0 fully saturated rings. The number of nitrogens with zero attached hydrogens (tertiary/aromatic N) is 1. The first-order valence-electron chi connectivity index (χ1n) is 8.12. The second-order valence-electron chi connectivity index (χ2n) is 5.77. The molecule has 0 saturated carbocycles. The molecule has 0 spiro atoms. The molecule has 0 aliphatic heterocycles. The molecule has 0 aliphatic rings. The van der Waals surface area contributed by atoms with Crippen molar-refractivity contribution < 1.29 is 39.6 Å². The number of aliphatic hydroxyl groups is 3. The van der Waals surface area contributed by atoms with Crippen LogP contribution in [0.1, 0.15) is 20.7 Å². The molecule has 30 heavy (non-hydrogen) atoms. The molecule has 0 bridgehead atoms. The predicted octanol–water partition coefficient (Wildman–Crippen LogP) is -0.647. The first-order valence-corrected chi connectivity index (χ1v) is 11.4. The summed E-state index contributed by atoms with van der Waals surface area (Å²) in [5, 5.41) is 41.1.